The number of aryl methyl sites for hydroxylation is 1. The maximum absolute atomic E-state index is 5.27. The topological polar surface area (TPSA) is 24.5 Å². The second-order valence-corrected chi connectivity index (χ2v) is 4.91. The van der Waals surface area contributed by atoms with E-state index in [2.05, 4.69) is 36.3 Å². The van der Waals surface area contributed by atoms with Gasteiger partial charge in [0.1, 0.15) is 5.75 Å². The number of nitrogens with zero attached hydrogens (tertiary/aromatic N) is 1. The molecule has 1 N–H and O–H groups in total. The Bertz CT molecular complexity index is 371. The maximum Gasteiger partial charge on any atom is 0.121 e. The number of methoxy groups -OCH3 is 1. The molecule has 1 aliphatic heterocycles. The Balaban J connectivity index is 0.000000861. The Labute approximate surface area is 118 Å². The smallest absolute Gasteiger partial charge is 0.121 e. The third kappa shape index (κ3) is 4.75. The predicted octanol–water partition coefficient (Wildman–Crippen LogP) is 3.54. The van der Waals surface area contributed by atoms with Gasteiger partial charge in [0.05, 0.1) is 7.11 Å². The molecule has 108 valence electrons. The van der Waals surface area contributed by atoms with Crippen LogP contribution in [-0.4, -0.2) is 38.2 Å². The van der Waals surface area contributed by atoms with E-state index in [1.54, 1.807) is 7.11 Å². The Morgan fingerprint density at radius 1 is 1.21 bits per heavy atom. The van der Waals surface area contributed by atoms with Crippen molar-refractivity contribution in [3.05, 3.63) is 23.8 Å². The van der Waals surface area contributed by atoms with Gasteiger partial charge in [-0.05, 0) is 63.7 Å². The van der Waals surface area contributed by atoms with E-state index in [4.69, 9.17) is 4.74 Å². The average Bonchev–Trinajstić information content (AvgIpc) is 2.44. The van der Waals surface area contributed by atoms with Crippen molar-refractivity contribution in [1.29, 1.82) is 0 Å². The highest BCUT2D eigenvalue weighted by atomic mass is 16.5. The molecule has 0 aliphatic carbocycles. The quantitative estimate of drug-likeness (QED) is 0.904. The lowest BCUT2D eigenvalue weighted by molar-refractivity contribution is 0.264. The summed E-state index contributed by atoms with van der Waals surface area (Å²) in [6.07, 6.45) is 2.45. The predicted molar refractivity (Wildman–Crippen MR) is 83.2 cm³/mol. The van der Waals surface area contributed by atoms with Crippen molar-refractivity contribution >= 4 is 5.69 Å². The summed E-state index contributed by atoms with van der Waals surface area (Å²) in [5.41, 5.74) is 2.39. The zero-order valence-electron chi connectivity index (χ0n) is 13.0. The van der Waals surface area contributed by atoms with Gasteiger partial charge < -0.3 is 15.0 Å². The van der Waals surface area contributed by atoms with Crippen molar-refractivity contribution in [2.75, 3.05) is 32.6 Å². The van der Waals surface area contributed by atoms with Crippen molar-refractivity contribution in [2.45, 2.75) is 39.7 Å². The number of anilines is 1. The number of hydrogen-bond acceptors (Lipinski definition) is 3. The SMILES string of the molecule is CC.COc1ccc(NC2CCN(C)CC2)cc1C. The van der Waals surface area contributed by atoms with Gasteiger partial charge in [0.25, 0.3) is 0 Å². The van der Waals surface area contributed by atoms with Crippen LogP contribution in [0.3, 0.4) is 0 Å². The second-order valence-electron chi connectivity index (χ2n) is 4.91. The Hall–Kier alpha value is -1.22. The van der Waals surface area contributed by atoms with E-state index in [-0.39, 0.29) is 0 Å². The van der Waals surface area contributed by atoms with E-state index in [1.807, 2.05) is 19.9 Å². The summed E-state index contributed by atoms with van der Waals surface area (Å²) in [5.74, 6) is 0.957. The lowest BCUT2D eigenvalue weighted by atomic mass is 10.0. The first-order valence-corrected chi connectivity index (χ1v) is 7.29. The van der Waals surface area contributed by atoms with Gasteiger partial charge in [0.2, 0.25) is 0 Å². The Kier molecular flexibility index (Phi) is 6.71. The summed E-state index contributed by atoms with van der Waals surface area (Å²) in [5, 5.41) is 3.61. The van der Waals surface area contributed by atoms with Gasteiger partial charge in [0, 0.05) is 11.7 Å². The first kappa shape index (κ1) is 15.8. The van der Waals surface area contributed by atoms with Gasteiger partial charge >= 0.3 is 0 Å². The summed E-state index contributed by atoms with van der Waals surface area (Å²) < 4.78 is 5.27. The van der Waals surface area contributed by atoms with Crippen LogP contribution >= 0.6 is 0 Å². The number of piperidine rings is 1. The molecule has 0 radical (unpaired) electrons. The molecule has 19 heavy (non-hydrogen) atoms. The number of nitrogens with one attached hydrogen (secondary N) is 1. The highest BCUT2D eigenvalue weighted by Gasteiger charge is 2.16. The Morgan fingerprint density at radius 3 is 2.37 bits per heavy atom. The van der Waals surface area contributed by atoms with E-state index < -0.39 is 0 Å². The van der Waals surface area contributed by atoms with Crippen LogP contribution in [-0.2, 0) is 0 Å². The van der Waals surface area contributed by atoms with Crippen molar-refractivity contribution in [1.82, 2.24) is 4.90 Å². The second kappa shape index (κ2) is 8.05. The third-order valence-electron chi connectivity index (χ3n) is 3.48. The molecule has 3 nitrogen and oxygen atoms in total. The van der Waals surface area contributed by atoms with E-state index in [1.165, 1.54) is 37.2 Å². The number of hydrogen-bond donors (Lipinski definition) is 1. The number of ether oxygens (including phenoxy) is 1. The molecule has 0 atom stereocenters. The molecule has 1 saturated heterocycles. The molecule has 0 spiro atoms. The largest absolute Gasteiger partial charge is 0.496 e. The first-order valence-electron chi connectivity index (χ1n) is 7.29. The van der Waals surface area contributed by atoms with Crippen LogP contribution in [0.1, 0.15) is 32.3 Å². The first-order chi connectivity index (χ1) is 9.19. The van der Waals surface area contributed by atoms with Crippen LogP contribution < -0.4 is 10.1 Å². The molecule has 1 aromatic carbocycles. The summed E-state index contributed by atoms with van der Waals surface area (Å²) in [4.78, 5) is 2.39. The molecule has 0 unspecified atom stereocenters. The fourth-order valence-electron chi connectivity index (χ4n) is 2.36. The van der Waals surface area contributed by atoms with Crippen LogP contribution in [0.2, 0.25) is 0 Å². The minimum Gasteiger partial charge on any atom is -0.496 e. The molecular formula is C16H28N2O. The number of benzene rings is 1. The van der Waals surface area contributed by atoms with Crippen LogP contribution in [0.15, 0.2) is 18.2 Å². The monoisotopic (exact) mass is 264 g/mol. The van der Waals surface area contributed by atoms with Gasteiger partial charge in [-0.25, -0.2) is 0 Å². The molecule has 1 heterocycles. The van der Waals surface area contributed by atoms with Gasteiger partial charge in [-0.1, -0.05) is 13.8 Å². The molecule has 0 amide bonds. The maximum atomic E-state index is 5.27. The molecule has 0 bridgehead atoms. The van der Waals surface area contributed by atoms with E-state index in [0.29, 0.717) is 6.04 Å². The fraction of sp³-hybridized carbons (Fsp3) is 0.625. The minimum absolute atomic E-state index is 0.610. The average molecular weight is 264 g/mol. The lowest BCUT2D eigenvalue weighted by Gasteiger charge is -2.30. The number of likely N-dealkylation sites (tertiary alicyclic amines) is 1. The Morgan fingerprint density at radius 2 is 1.84 bits per heavy atom. The number of rotatable bonds is 3. The zero-order valence-corrected chi connectivity index (χ0v) is 13.0. The summed E-state index contributed by atoms with van der Waals surface area (Å²) in [6.45, 7) is 8.46. The van der Waals surface area contributed by atoms with E-state index >= 15 is 0 Å². The van der Waals surface area contributed by atoms with E-state index in [0.717, 1.165) is 5.75 Å². The van der Waals surface area contributed by atoms with Crippen molar-refractivity contribution in [3.8, 4) is 5.75 Å². The van der Waals surface area contributed by atoms with Crippen molar-refractivity contribution in [2.24, 2.45) is 0 Å². The zero-order chi connectivity index (χ0) is 14.3. The van der Waals surface area contributed by atoms with Gasteiger partial charge in [-0.2, -0.15) is 0 Å². The van der Waals surface area contributed by atoms with Crippen LogP contribution in [0.5, 0.6) is 5.75 Å². The third-order valence-corrected chi connectivity index (χ3v) is 3.48. The molecule has 2 rings (SSSR count). The minimum atomic E-state index is 0.610. The molecule has 0 saturated carbocycles. The normalized spacial score (nSPS) is 16.5. The van der Waals surface area contributed by atoms with Crippen molar-refractivity contribution < 1.29 is 4.74 Å². The fourth-order valence-corrected chi connectivity index (χ4v) is 2.36. The molecule has 0 aromatic heterocycles. The molecular weight excluding hydrogens is 236 g/mol. The van der Waals surface area contributed by atoms with Gasteiger partial charge in [-0.3, -0.25) is 0 Å². The van der Waals surface area contributed by atoms with Crippen molar-refractivity contribution in [3.63, 3.8) is 0 Å². The molecule has 1 aliphatic rings. The summed E-state index contributed by atoms with van der Waals surface area (Å²) >= 11 is 0. The molecule has 1 fully saturated rings. The standard InChI is InChI=1S/C14H22N2O.C2H6/c1-11-10-13(4-5-14(11)17-3)15-12-6-8-16(2)9-7-12;1-2/h4-5,10,12,15H,6-9H2,1-3H3;1-2H3. The van der Waals surface area contributed by atoms with E-state index in [9.17, 15) is 0 Å². The van der Waals surface area contributed by atoms with Gasteiger partial charge in [0.15, 0.2) is 0 Å². The highest BCUT2D eigenvalue weighted by Crippen LogP contribution is 2.23. The molecule has 3 heteroatoms. The van der Waals surface area contributed by atoms with Gasteiger partial charge in [-0.15, -0.1) is 0 Å². The van der Waals surface area contributed by atoms with Crippen LogP contribution in [0, 0.1) is 6.92 Å². The molecule has 1 aromatic rings. The summed E-state index contributed by atoms with van der Waals surface area (Å²) in [7, 11) is 3.90. The van der Waals surface area contributed by atoms with Crippen LogP contribution in [0.25, 0.3) is 0 Å². The summed E-state index contributed by atoms with van der Waals surface area (Å²) in [6, 6.07) is 6.91. The van der Waals surface area contributed by atoms with Crippen LogP contribution in [0.4, 0.5) is 5.69 Å². The highest BCUT2D eigenvalue weighted by molar-refractivity contribution is 5.51. The lowest BCUT2D eigenvalue weighted by Crippen LogP contribution is -2.36.